The summed E-state index contributed by atoms with van der Waals surface area (Å²) in [4.78, 5) is 19.7. The number of aliphatic hydroxyl groups excluding tert-OH is 1. The number of carbonyl (C=O) groups is 1. The lowest BCUT2D eigenvalue weighted by Gasteiger charge is -2.14. The van der Waals surface area contributed by atoms with Crippen molar-refractivity contribution in [3.8, 4) is 11.3 Å². The van der Waals surface area contributed by atoms with E-state index < -0.39 is 18.6 Å². The normalized spacial score (nSPS) is 12.1. The number of esters is 1. The summed E-state index contributed by atoms with van der Waals surface area (Å²) in [6.07, 6.45) is 1.23. The molecule has 0 saturated heterocycles. The highest BCUT2D eigenvalue weighted by Crippen LogP contribution is 2.31. The zero-order valence-electron chi connectivity index (χ0n) is 12.6. The standard InChI is InChI=1S/C15H13FN4O4/c1-23-15(22)10(6-21)19-13-11-12(8-2-4-9(16)5-3-8)20-24-14(11)18-7-17-13/h2-5,7,10,21H,6H2,1H3,(H,17,18,19)/t10-/m0/s1. The van der Waals surface area contributed by atoms with Gasteiger partial charge in [0.1, 0.15) is 35.1 Å². The van der Waals surface area contributed by atoms with Crippen LogP contribution in [0.25, 0.3) is 22.4 Å². The molecule has 0 fully saturated rings. The van der Waals surface area contributed by atoms with Crippen LogP contribution in [0.5, 0.6) is 0 Å². The molecular formula is C15H13FN4O4. The maximum atomic E-state index is 13.1. The second kappa shape index (κ2) is 6.59. The number of fused-ring (bicyclic) bond motifs is 1. The highest BCUT2D eigenvalue weighted by molar-refractivity contribution is 5.98. The minimum Gasteiger partial charge on any atom is -0.467 e. The van der Waals surface area contributed by atoms with E-state index in [0.29, 0.717) is 16.6 Å². The predicted octanol–water partition coefficient (Wildman–Crippen LogP) is 1.37. The van der Waals surface area contributed by atoms with Crippen LogP contribution in [0.2, 0.25) is 0 Å². The molecule has 1 atom stereocenters. The molecule has 8 nitrogen and oxygen atoms in total. The van der Waals surface area contributed by atoms with Gasteiger partial charge >= 0.3 is 5.97 Å². The first-order chi connectivity index (χ1) is 11.6. The molecule has 0 unspecified atom stereocenters. The van der Waals surface area contributed by atoms with Crippen molar-refractivity contribution in [2.45, 2.75) is 6.04 Å². The van der Waals surface area contributed by atoms with Gasteiger partial charge in [0, 0.05) is 5.56 Å². The van der Waals surface area contributed by atoms with E-state index in [1.54, 1.807) is 0 Å². The molecule has 0 radical (unpaired) electrons. The Morgan fingerprint density at radius 2 is 2.12 bits per heavy atom. The average Bonchev–Trinajstić information content (AvgIpc) is 3.04. The van der Waals surface area contributed by atoms with Gasteiger partial charge in [-0.2, -0.15) is 4.98 Å². The number of rotatable bonds is 5. The quantitative estimate of drug-likeness (QED) is 0.674. The Kier molecular flexibility index (Phi) is 4.34. The lowest BCUT2D eigenvalue weighted by Crippen LogP contribution is -2.34. The minimum atomic E-state index is -1.01. The lowest BCUT2D eigenvalue weighted by molar-refractivity contribution is -0.142. The zero-order chi connectivity index (χ0) is 17.1. The van der Waals surface area contributed by atoms with Crippen LogP contribution in [0.15, 0.2) is 35.1 Å². The third-order valence-electron chi connectivity index (χ3n) is 3.37. The minimum absolute atomic E-state index is 0.188. The van der Waals surface area contributed by atoms with E-state index in [1.807, 2.05) is 0 Å². The maximum absolute atomic E-state index is 13.1. The molecule has 2 N–H and O–H groups in total. The predicted molar refractivity (Wildman–Crippen MR) is 81.5 cm³/mol. The molecule has 0 saturated carbocycles. The topological polar surface area (TPSA) is 110 Å². The molecule has 124 valence electrons. The largest absolute Gasteiger partial charge is 0.467 e. The monoisotopic (exact) mass is 332 g/mol. The van der Waals surface area contributed by atoms with Crippen molar-refractivity contribution < 1.29 is 23.6 Å². The van der Waals surface area contributed by atoms with Gasteiger partial charge < -0.3 is 19.7 Å². The van der Waals surface area contributed by atoms with Crippen LogP contribution < -0.4 is 5.32 Å². The van der Waals surface area contributed by atoms with E-state index in [2.05, 4.69) is 25.2 Å². The molecule has 9 heteroatoms. The Morgan fingerprint density at radius 1 is 1.38 bits per heavy atom. The Labute approximate surface area is 135 Å². The number of aromatic nitrogens is 3. The molecule has 0 bridgehead atoms. The smallest absolute Gasteiger partial charge is 0.330 e. The van der Waals surface area contributed by atoms with E-state index in [0.717, 1.165) is 0 Å². The number of halogens is 1. The van der Waals surface area contributed by atoms with Crippen LogP contribution in [0.1, 0.15) is 0 Å². The molecular weight excluding hydrogens is 319 g/mol. The molecule has 0 amide bonds. The van der Waals surface area contributed by atoms with Crippen molar-refractivity contribution in [1.82, 2.24) is 15.1 Å². The fourth-order valence-corrected chi connectivity index (χ4v) is 2.19. The number of carbonyl (C=O) groups excluding carboxylic acids is 1. The van der Waals surface area contributed by atoms with Crippen molar-refractivity contribution >= 4 is 22.9 Å². The van der Waals surface area contributed by atoms with Gasteiger partial charge in [-0.1, -0.05) is 5.16 Å². The second-order valence-corrected chi connectivity index (χ2v) is 4.84. The van der Waals surface area contributed by atoms with Crippen LogP contribution in [-0.4, -0.2) is 46.0 Å². The van der Waals surface area contributed by atoms with Crippen LogP contribution >= 0.6 is 0 Å². The molecule has 0 aliphatic carbocycles. The Hall–Kier alpha value is -3.07. The van der Waals surface area contributed by atoms with Gasteiger partial charge in [0.05, 0.1) is 13.7 Å². The molecule has 2 heterocycles. The van der Waals surface area contributed by atoms with E-state index >= 15 is 0 Å². The first-order valence-corrected chi connectivity index (χ1v) is 6.95. The molecule has 0 spiro atoms. The summed E-state index contributed by atoms with van der Waals surface area (Å²) in [5.74, 6) is -0.791. The first-order valence-electron chi connectivity index (χ1n) is 6.95. The second-order valence-electron chi connectivity index (χ2n) is 4.84. The first kappa shape index (κ1) is 15.8. The number of methoxy groups -OCH3 is 1. The summed E-state index contributed by atoms with van der Waals surface area (Å²) >= 11 is 0. The Morgan fingerprint density at radius 3 is 2.79 bits per heavy atom. The Balaban J connectivity index is 2.07. The highest BCUT2D eigenvalue weighted by Gasteiger charge is 2.23. The molecule has 1 aromatic carbocycles. The number of nitrogens with one attached hydrogen (secondary N) is 1. The maximum Gasteiger partial charge on any atom is 0.330 e. The van der Waals surface area contributed by atoms with Crippen LogP contribution in [0.4, 0.5) is 10.2 Å². The third-order valence-corrected chi connectivity index (χ3v) is 3.37. The molecule has 24 heavy (non-hydrogen) atoms. The summed E-state index contributed by atoms with van der Waals surface area (Å²) in [7, 11) is 1.21. The van der Waals surface area contributed by atoms with Crippen molar-refractivity contribution in [2.75, 3.05) is 19.0 Å². The van der Waals surface area contributed by atoms with Gasteiger partial charge in [0.2, 0.25) is 0 Å². The molecule has 0 aliphatic rings. The number of nitrogens with zero attached hydrogens (tertiary/aromatic N) is 3. The number of aliphatic hydroxyl groups is 1. The molecule has 3 aromatic rings. The third kappa shape index (κ3) is 2.88. The molecule has 3 rings (SSSR count). The fourth-order valence-electron chi connectivity index (χ4n) is 2.19. The van der Waals surface area contributed by atoms with Crippen LogP contribution in [-0.2, 0) is 9.53 Å². The number of ether oxygens (including phenoxy) is 1. The van der Waals surface area contributed by atoms with E-state index in [1.165, 1.54) is 37.7 Å². The van der Waals surface area contributed by atoms with Gasteiger partial charge in [-0.25, -0.2) is 14.2 Å². The Bertz CT molecular complexity index is 866. The summed E-state index contributed by atoms with van der Waals surface area (Å²) in [6.45, 7) is -0.491. The SMILES string of the molecule is COC(=O)[C@H](CO)Nc1ncnc2onc(-c3ccc(F)cc3)c12. The summed E-state index contributed by atoms with van der Waals surface area (Å²) in [5.41, 5.74) is 1.16. The van der Waals surface area contributed by atoms with Crippen molar-refractivity contribution in [2.24, 2.45) is 0 Å². The van der Waals surface area contributed by atoms with E-state index in [9.17, 15) is 14.3 Å². The number of hydrogen-bond acceptors (Lipinski definition) is 8. The van der Waals surface area contributed by atoms with Crippen molar-refractivity contribution in [3.63, 3.8) is 0 Å². The van der Waals surface area contributed by atoms with Crippen molar-refractivity contribution in [3.05, 3.63) is 36.4 Å². The molecule has 0 aliphatic heterocycles. The number of hydrogen-bond donors (Lipinski definition) is 2. The highest BCUT2D eigenvalue weighted by atomic mass is 19.1. The van der Waals surface area contributed by atoms with Crippen LogP contribution in [0, 0.1) is 5.82 Å². The number of anilines is 1. The molecule has 2 aromatic heterocycles. The van der Waals surface area contributed by atoms with E-state index in [-0.39, 0.29) is 17.3 Å². The zero-order valence-corrected chi connectivity index (χ0v) is 12.6. The average molecular weight is 332 g/mol. The number of benzene rings is 1. The van der Waals surface area contributed by atoms with Gasteiger partial charge in [-0.05, 0) is 24.3 Å². The lowest BCUT2D eigenvalue weighted by atomic mass is 10.1. The van der Waals surface area contributed by atoms with Crippen molar-refractivity contribution in [1.29, 1.82) is 0 Å². The summed E-state index contributed by atoms with van der Waals surface area (Å²) < 4.78 is 22.9. The van der Waals surface area contributed by atoms with Gasteiger partial charge in [-0.15, -0.1) is 0 Å². The van der Waals surface area contributed by atoms with Gasteiger partial charge in [-0.3, -0.25) is 0 Å². The van der Waals surface area contributed by atoms with Crippen LogP contribution in [0.3, 0.4) is 0 Å². The summed E-state index contributed by atoms with van der Waals surface area (Å²) in [6, 6.07) is 4.64. The fraction of sp³-hybridized carbons (Fsp3) is 0.200. The van der Waals surface area contributed by atoms with E-state index in [4.69, 9.17) is 4.52 Å². The van der Waals surface area contributed by atoms with Gasteiger partial charge in [0.25, 0.3) is 5.71 Å². The summed E-state index contributed by atoms with van der Waals surface area (Å²) in [5, 5.41) is 16.5. The van der Waals surface area contributed by atoms with Gasteiger partial charge in [0.15, 0.2) is 0 Å².